The number of nitro groups is 1. The van der Waals surface area contributed by atoms with Gasteiger partial charge in [-0.15, -0.1) is 0 Å². The minimum absolute atomic E-state index is 0.0315. The number of benzene rings is 2. The molecule has 0 saturated heterocycles. The predicted molar refractivity (Wildman–Crippen MR) is 107 cm³/mol. The molecule has 2 rings (SSSR count). The van der Waals surface area contributed by atoms with Gasteiger partial charge in [-0.05, 0) is 36.4 Å². The Hall–Kier alpha value is -2.88. The van der Waals surface area contributed by atoms with E-state index in [0.29, 0.717) is 64.3 Å². The number of nitro benzene ring substituents is 1. The normalized spacial score (nSPS) is 10.6. The van der Waals surface area contributed by atoms with E-state index in [2.05, 4.69) is 0 Å². The third-order valence-corrected chi connectivity index (χ3v) is 3.66. The van der Waals surface area contributed by atoms with Crippen LogP contribution in [0.25, 0.3) is 0 Å². The van der Waals surface area contributed by atoms with Crippen LogP contribution in [0.5, 0.6) is 11.5 Å². The number of non-ortho nitro benzene ring substituents is 1. The molecular formula is C20H26N2O7. The summed E-state index contributed by atoms with van der Waals surface area (Å²) in [6, 6.07) is 13.1. The maximum atomic E-state index is 10.6. The van der Waals surface area contributed by atoms with Crippen LogP contribution in [0.2, 0.25) is 0 Å². The zero-order valence-electron chi connectivity index (χ0n) is 16.2. The summed E-state index contributed by atoms with van der Waals surface area (Å²) < 4.78 is 27.2. The van der Waals surface area contributed by atoms with Crippen LogP contribution < -0.4 is 15.2 Å². The quantitative estimate of drug-likeness (QED) is 0.208. The molecule has 0 aliphatic carbocycles. The maximum absolute atomic E-state index is 10.6. The summed E-state index contributed by atoms with van der Waals surface area (Å²) in [5.41, 5.74) is 6.34. The smallest absolute Gasteiger partial charge is 0.269 e. The molecule has 158 valence electrons. The van der Waals surface area contributed by atoms with Crippen molar-refractivity contribution in [3.63, 3.8) is 0 Å². The molecule has 0 aliphatic heterocycles. The lowest BCUT2D eigenvalue weighted by Crippen LogP contribution is -2.14. The summed E-state index contributed by atoms with van der Waals surface area (Å²) in [6.07, 6.45) is 0. The number of nitrogens with two attached hydrogens (primary N) is 1. The van der Waals surface area contributed by atoms with Crippen molar-refractivity contribution < 1.29 is 28.6 Å². The van der Waals surface area contributed by atoms with Crippen LogP contribution in [-0.4, -0.2) is 57.8 Å². The Bertz CT molecular complexity index is 708. The van der Waals surface area contributed by atoms with Crippen molar-refractivity contribution in [3.8, 4) is 11.5 Å². The van der Waals surface area contributed by atoms with Crippen LogP contribution in [0.15, 0.2) is 48.5 Å². The molecule has 0 amide bonds. The second kappa shape index (κ2) is 13.3. The van der Waals surface area contributed by atoms with E-state index >= 15 is 0 Å². The second-order valence-electron chi connectivity index (χ2n) is 5.85. The van der Waals surface area contributed by atoms with E-state index in [9.17, 15) is 10.1 Å². The lowest BCUT2D eigenvalue weighted by atomic mass is 10.3. The highest BCUT2D eigenvalue weighted by Crippen LogP contribution is 2.17. The predicted octanol–water partition coefficient (Wildman–Crippen LogP) is 2.68. The number of hydrogen-bond donors (Lipinski definition) is 1. The Kier molecular flexibility index (Phi) is 10.3. The molecule has 0 unspecified atom stereocenters. The maximum Gasteiger partial charge on any atom is 0.269 e. The number of ether oxygens (including phenoxy) is 5. The van der Waals surface area contributed by atoms with E-state index < -0.39 is 4.92 Å². The van der Waals surface area contributed by atoms with Crippen molar-refractivity contribution in [1.82, 2.24) is 0 Å². The van der Waals surface area contributed by atoms with Gasteiger partial charge < -0.3 is 29.4 Å². The van der Waals surface area contributed by atoms with E-state index in [1.165, 1.54) is 12.1 Å². The van der Waals surface area contributed by atoms with Gasteiger partial charge >= 0.3 is 0 Å². The van der Waals surface area contributed by atoms with Gasteiger partial charge in [0.15, 0.2) is 0 Å². The number of anilines is 1. The Morgan fingerprint density at radius 2 is 1.03 bits per heavy atom. The molecule has 0 heterocycles. The highest BCUT2D eigenvalue weighted by molar-refractivity contribution is 5.41. The van der Waals surface area contributed by atoms with Crippen LogP contribution in [0.1, 0.15) is 0 Å². The fourth-order valence-electron chi connectivity index (χ4n) is 2.21. The number of hydrogen-bond acceptors (Lipinski definition) is 8. The topological polar surface area (TPSA) is 115 Å². The number of nitrogen functional groups attached to an aromatic ring is 1. The van der Waals surface area contributed by atoms with Gasteiger partial charge in [0.25, 0.3) is 5.69 Å². The Balaban J connectivity index is 1.35. The number of nitrogens with zero attached hydrogens (tertiary/aromatic N) is 1. The van der Waals surface area contributed by atoms with Gasteiger partial charge in [-0.1, -0.05) is 0 Å². The van der Waals surface area contributed by atoms with Crippen molar-refractivity contribution in [2.45, 2.75) is 0 Å². The molecule has 2 N–H and O–H groups in total. The van der Waals surface area contributed by atoms with Crippen LogP contribution in [0, 0.1) is 10.1 Å². The first-order valence-corrected chi connectivity index (χ1v) is 9.24. The first-order valence-electron chi connectivity index (χ1n) is 9.24. The monoisotopic (exact) mass is 406 g/mol. The molecule has 0 spiro atoms. The Morgan fingerprint density at radius 1 is 0.655 bits per heavy atom. The summed E-state index contributed by atoms with van der Waals surface area (Å²) in [7, 11) is 0. The molecule has 0 fully saturated rings. The van der Waals surface area contributed by atoms with E-state index in [-0.39, 0.29) is 5.69 Å². The lowest BCUT2D eigenvalue weighted by Gasteiger charge is -2.09. The molecule has 2 aromatic carbocycles. The third kappa shape index (κ3) is 9.74. The molecule has 9 nitrogen and oxygen atoms in total. The van der Waals surface area contributed by atoms with E-state index in [4.69, 9.17) is 29.4 Å². The fourth-order valence-corrected chi connectivity index (χ4v) is 2.21. The SMILES string of the molecule is Nc1ccc(OCCOCCOCCOCCOc2ccc([N+](=O)[O-])cc2)cc1. The van der Waals surface area contributed by atoms with Crippen molar-refractivity contribution in [2.75, 3.05) is 58.6 Å². The molecule has 0 saturated carbocycles. The number of rotatable bonds is 15. The molecule has 0 radical (unpaired) electrons. The third-order valence-electron chi connectivity index (χ3n) is 3.66. The summed E-state index contributed by atoms with van der Waals surface area (Å²) in [6.45, 7) is 3.56. The minimum Gasteiger partial charge on any atom is -0.491 e. The van der Waals surface area contributed by atoms with Gasteiger partial charge in [0.2, 0.25) is 0 Å². The first-order chi connectivity index (χ1) is 14.1. The van der Waals surface area contributed by atoms with E-state index in [0.717, 1.165) is 5.75 Å². The zero-order chi connectivity index (χ0) is 20.7. The summed E-state index contributed by atoms with van der Waals surface area (Å²) in [4.78, 5) is 10.1. The van der Waals surface area contributed by atoms with Crippen molar-refractivity contribution in [2.24, 2.45) is 0 Å². The second-order valence-corrected chi connectivity index (χ2v) is 5.85. The van der Waals surface area contributed by atoms with Crippen LogP contribution in [0.3, 0.4) is 0 Å². The van der Waals surface area contributed by atoms with Gasteiger partial charge in [0.1, 0.15) is 24.7 Å². The van der Waals surface area contributed by atoms with Crippen LogP contribution in [-0.2, 0) is 14.2 Å². The molecule has 2 aromatic rings. The van der Waals surface area contributed by atoms with Gasteiger partial charge in [-0.2, -0.15) is 0 Å². The summed E-state index contributed by atoms with van der Waals surface area (Å²) >= 11 is 0. The summed E-state index contributed by atoms with van der Waals surface area (Å²) in [5, 5.41) is 10.6. The Morgan fingerprint density at radius 3 is 1.45 bits per heavy atom. The summed E-state index contributed by atoms with van der Waals surface area (Å²) in [5.74, 6) is 1.32. The zero-order valence-corrected chi connectivity index (χ0v) is 16.2. The van der Waals surface area contributed by atoms with Crippen molar-refractivity contribution in [3.05, 3.63) is 58.6 Å². The van der Waals surface area contributed by atoms with Crippen LogP contribution >= 0.6 is 0 Å². The first kappa shape index (κ1) is 22.4. The highest BCUT2D eigenvalue weighted by atomic mass is 16.6. The fraction of sp³-hybridized carbons (Fsp3) is 0.400. The Labute approximate surface area is 169 Å². The molecule has 9 heteroatoms. The van der Waals surface area contributed by atoms with Gasteiger partial charge in [0.05, 0.1) is 44.6 Å². The average molecular weight is 406 g/mol. The van der Waals surface area contributed by atoms with Gasteiger partial charge in [-0.3, -0.25) is 10.1 Å². The average Bonchev–Trinajstić information content (AvgIpc) is 2.73. The molecule has 0 atom stereocenters. The molecular weight excluding hydrogens is 380 g/mol. The largest absolute Gasteiger partial charge is 0.491 e. The van der Waals surface area contributed by atoms with Gasteiger partial charge in [-0.25, -0.2) is 0 Å². The van der Waals surface area contributed by atoms with Crippen LogP contribution in [0.4, 0.5) is 11.4 Å². The van der Waals surface area contributed by atoms with Crippen molar-refractivity contribution in [1.29, 1.82) is 0 Å². The van der Waals surface area contributed by atoms with Gasteiger partial charge in [0, 0.05) is 17.8 Å². The molecule has 0 bridgehead atoms. The minimum atomic E-state index is -0.451. The van der Waals surface area contributed by atoms with E-state index in [1.54, 1.807) is 24.3 Å². The lowest BCUT2D eigenvalue weighted by molar-refractivity contribution is -0.384. The van der Waals surface area contributed by atoms with Crippen molar-refractivity contribution >= 4 is 11.4 Å². The highest BCUT2D eigenvalue weighted by Gasteiger charge is 2.04. The standard InChI is InChI=1S/C20H26N2O7/c21-17-1-5-19(6-2-17)28-15-13-26-11-9-25-10-12-27-14-16-29-20-7-3-18(4-8-20)22(23)24/h1-8H,9-16,21H2. The molecule has 29 heavy (non-hydrogen) atoms. The molecule has 0 aromatic heterocycles. The van der Waals surface area contributed by atoms with E-state index in [1.807, 2.05) is 12.1 Å². The molecule has 0 aliphatic rings.